The van der Waals surface area contributed by atoms with Crippen LogP contribution in [-0.2, 0) is 14.0 Å². The standard InChI is InChI=1S/C5H9O4P/c1-5(10(2,6)7)8-3-4-9-5/h3-4H,1-2H3,(H,6,7). The third-order valence-electron chi connectivity index (χ3n) is 1.38. The highest BCUT2D eigenvalue weighted by molar-refractivity contribution is 7.58. The van der Waals surface area contributed by atoms with Crippen LogP contribution in [0.15, 0.2) is 12.5 Å². The molecule has 1 N–H and O–H groups in total. The number of hydrogen-bond donors (Lipinski definition) is 1. The fourth-order valence-electron chi connectivity index (χ4n) is 0.531. The Balaban J connectivity index is 2.81. The molecule has 0 aromatic heterocycles. The summed E-state index contributed by atoms with van der Waals surface area (Å²) in [5, 5.41) is 0. The van der Waals surface area contributed by atoms with Crippen LogP contribution < -0.4 is 0 Å². The van der Waals surface area contributed by atoms with E-state index in [4.69, 9.17) is 14.4 Å². The van der Waals surface area contributed by atoms with Crippen molar-refractivity contribution in [1.82, 2.24) is 0 Å². The normalized spacial score (nSPS) is 26.7. The van der Waals surface area contributed by atoms with E-state index >= 15 is 0 Å². The second kappa shape index (κ2) is 2.01. The number of ether oxygens (including phenoxy) is 2. The molecular weight excluding hydrogens is 155 g/mol. The molecule has 1 aliphatic heterocycles. The lowest BCUT2D eigenvalue weighted by atomic mass is 10.7. The summed E-state index contributed by atoms with van der Waals surface area (Å²) in [5.41, 5.74) is -1.37. The maximum absolute atomic E-state index is 11.0. The second-order valence-electron chi connectivity index (χ2n) is 2.28. The SMILES string of the molecule is CC1(P(C)(=O)O)OC=CO1. The Morgan fingerprint density at radius 3 is 2.10 bits per heavy atom. The third-order valence-corrected chi connectivity index (χ3v) is 3.10. The number of hydrogen-bond acceptors (Lipinski definition) is 3. The first-order chi connectivity index (χ1) is 4.46. The highest BCUT2D eigenvalue weighted by atomic mass is 31.2. The third kappa shape index (κ3) is 1.04. The molecule has 0 aromatic carbocycles. The Labute approximate surface area is 58.9 Å². The predicted octanol–water partition coefficient (Wildman–Crippen LogP) is 1.08. The van der Waals surface area contributed by atoms with Crippen molar-refractivity contribution in [1.29, 1.82) is 0 Å². The first-order valence-corrected chi connectivity index (χ1v) is 4.87. The lowest BCUT2D eigenvalue weighted by Gasteiger charge is -2.24. The van der Waals surface area contributed by atoms with E-state index in [0.29, 0.717) is 0 Å². The minimum atomic E-state index is -3.33. The van der Waals surface area contributed by atoms with Gasteiger partial charge in [-0.2, -0.15) is 0 Å². The van der Waals surface area contributed by atoms with Gasteiger partial charge in [-0.1, -0.05) is 0 Å². The molecule has 0 saturated carbocycles. The first-order valence-electron chi connectivity index (χ1n) is 2.77. The fraction of sp³-hybridized carbons (Fsp3) is 0.600. The zero-order valence-electron chi connectivity index (χ0n) is 5.77. The molecule has 0 aliphatic carbocycles. The van der Waals surface area contributed by atoms with Crippen LogP contribution in [-0.4, -0.2) is 17.1 Å². The van der Waals surface area contributed by atoms with E-state index in [1.165, 1.54) is 26.1 Å². The van der Waals surface area contributed by atoms with E-state index in [9.17, 15) is 4.57 Å². The van der Waals surface area contributed by atoms with Gasteiger partial charge in [-0.05, 0) is 0 Å². The molecule has 10 heavy (non-hydrogen) atoms. The highest BCUT2D eigenvalue weighted by Gasteiger charge is 2.45. The summed E-state index contributed by atoms with van der Waals surface area (Å²) in [7, 11) is -3.33. The highest BCUT2D eigenvalue weighted by Crippen LogP contribution is 2.53. The van der Waals surface area contributed by atoms with Crippen LogP contribution in [0.3, 0.4) is 0 Å². The Hall–Kier alpha value is -0.470. The molecule has 58 valence electrons. The fourth-order valence-corrected chi connectivity index (χ4v) is 1.04. The van der Waals surface area contributed by atoms with Gasteiger partial charge >= 0.3 is 5.53 Å². The van der Waals surface area contributed by atoms with Gasteiger partial charge in [0.25, 0.3) is 7.37 Å². The van der Waals surface area contributed by atoms with Crippen molar-refractivity contribution >= 4 is 7.37 Å². The zero-order chi connectivity index (χ0) is 7.83. The van der Waals surface area contributed by atoms with Gasteiger partial charge in [0.1, 0.15) is 12.5 Å². The number of rotatable bonds is 1. The quantitative estimate of drug-likeness (QED) is 0.589. The lowest BCUT2D eigenvalue weighted by molar-refractivity contribution is -0.0593. The molecule has 0 saturated heterocycles. The molecule has 0 amide bonds. The molecule has 4 nitrogen and oxygen atoms in total. The molecule has 0 spiro atoms. The van der Waals surface area contributed by atoms with Gasteiger partial charge in [-0.3, -0.25) is 4.57 Å². The largest absolute Gasteiger partial charge is 0.449 e. The molecule has 1 heterocycles. The van der Waals surface area contributed by atoms with Gasteiger partial charge < -0.3 is 14.4 Å². The molecule has 1 atom stereocenters. The van der Waals surface area contributed by atoms with Crippen LogP contribution in [0.5, 0.6) is 0 Å². The smallest absolute Gasteiger partial charge is 0.323 e. The van der Waals surface area contributed by atoms with Crippen LogP contribution in [0.25, 0.3) is 0 Å². The van der Waals surface area contributed by atoms with Crippen LogP contribution in [0.4, 0.5) is 0 Å². The summed E-state index contributed by atoms with van der Waals surface area (Å²) in [4.78, 5) is 9.04. The van der Waals surface area contributed by atoms with Crippen LogP contribution in [0, 0.1) is 0 Å². The van der Waals surface area contributed by atoms with E-state index in [1.54, 1.807) is 0 Å². The van der Waals surface area contributed by atoms with Crippen molar-refractivity contribution in [2.45, 2.75) is 12.5 Å². The lowest BCUT2D eigenvalue weighted by Crippen LogP contribution is -2.24. The van der Waals surface area contributed by atoms with Gasteiger partial charge in [0.2, 0.25) is 0 Å². The van der Waals surface area contributed by atoms with E-state index in [1.807, 2.05) is 0 Å². The molecule has 0 bridgehead atoms. The average molecular weight is 164 g/mol. The molecule has 5 heteroatoms. The van der Waals surface area contributed by atoms with Gasteiger partial charge in [0.05, 0.1) is 0 Å². The molecule has 0 fully saturated rings. The van der Waals surface area contributed by atoms with Gasteiger partial charge in [-0.25, -0.2) is 0 Å². The molecule has 1 aliphatic rings. The average Bonchev–Trinajstić information content (AvgIpc) is 2.13. The predicted molar refractivity (Wildman–Crippen MR) is 35.5 cm³/mol. The Morgan fingerprint density at radius 1 is 1.50 bits per heavy atom. The Bertz CT molecular complexity index is 196. The minimum Gasteiger partial charge on any atom is -0.449 e. The van der Waals surface area contributed by atoms with Crippen molar-refractivity contribution in [2.75, 3.05) is 6.66 Å². The van der Waals surface area contributed by atoms with Gasteiger partial charge in [0.15, 0.2) is 0 Å². The minimum absolute atomic E-state index is 1.19. The van der Waals surface area contributed by atoms with Crippen LogP contribution >= 0.6 is 7.37 Å². The van der Waals surface area contributed by atoms with Gasteiger partial charge in [-0.15, -0.1) is 0 Å². The Kier molecular flexibility index (Phi) is 1.53. The Morgan fingerprint density at radius 2 is 1.90 bits per heavy atom. The summed E-state index contributed by atoms with van der Waals surface area (Å²) in [5.74, 6) is 0. The second-order valence-corrected chi connectivity index (χ2v) is 4.86. The molecule has 1 rings (SSSR count). The van der Waals surface area contributed by atoms with Crippen molar-refractivity contribution in [3.63, 3.8) is 0 Å². The van der Waals surface area contributed by atoms with Crippen LogP contribution in [0.2, 0.25) is 0 Å². The van der Waals surface area contributed by atoms with E-state index in [2.05, 4.69) is 0 Å². The van der Waals surface area contributed by atoms with Crippen molar-refractivity contribution in [2.24, 2.45) is 0 Å². The summed E-state index contributed by atoms with van der Waals surface area (Å²) in [6.45, 7) is 2.62. The monoisotopic (exact) mass is 164 g/mol. The molecule has 0 radical (unpaired) electrons. The topological polar surface area (TPSA) is 55.8 Å². The van der Waals surface area contributed by atoms with E-state index in [-0.39, 0.29) is 0 Å². The maximum Gasteiger partial charge on any atom is 0.323 e. The van der Waals surface area contributed by atoms with Crippen molar-refractivity contribution in [3.05, 3.63) is 12.5 Å². The van der Waals surface area contributed by atoms with Crippen molar-refractivity contribution < 1.29 is 18.9 Å². The summed E-state index contributed by atoms with van der Waals surface area (Å²) in [6, 6.07) is 0. The molecule has 0 aromatic rings. The van der Waals surface area contributed by atoms with Crippen molar-refractivity contribution in [3.8, 4) is 0 Å². The van der Waals surface area contributed by atoms with Gasteiger partial charge in [0, 0.05) is 13.6 Å². The molecule has 1 unspecified atom stereocenters. The van der Waals surface area contributed by atoms with Crippen LogP contribution in [0.1, 0.15) is 6.92 Å². The maximum atomic E-state index is 11.0. The summed E-state index contributed by atoms with van der Waals surface area (Å²) >= 11 is 0. The summed E-state index contributed by atoms with van der Waals surface area (Å²) in [6.07, 6.45) is 2.51. The molecular formula is C5H9O4P. The zero-order valence-corrected chi connectivity index (χ0v) is 6.67. The van der Waals surface area contributed by atoms with E-state index < -0.39 is 12.9 Å². The first kappa shape index (κ1) is 7.63. The van der Waals surface area contributed by atoms with E-state index in [0.717, 1.165) is 0 Å². The summed E-state index contributed by atoms with van der Waals surface area (Å²) < 4.78 is 20.6.